The van der Waals surface area contributed by atoms with E-state index in [1.54, 1.807) is 6.26 Å². The Labute approximate surface area is 89.7 Å². The molecule has 15 heavy (non-hydrogen) atoms. The quantitative estimate of drug-likeness (QED) is 0.680. The monoisotopic (exact) mass is 198 g/mol. The Hall–Kier alpha value is -1.50. The molecule has 0 saturated heterocycles. The summed E-state index contributed by atoms with van der Waals surface area (Å²) in [4.78, 5) is 0. The molecule has 0 aliphatic heterocycles. The zero-order chi connectivity index (χ0) is 10.3. The SMILES string of the molecule is Cc1cc2c(c(-c3ccco3)c1)CCC2. The van der Waals surface area contributed by atoms with E-state index in [2.05, 4.69) is 19.1 Å². The molecule has 1 aliphatic carbocycles. The van der Waals surface area contributed by atoms with Crippen LogP contribution < -0.4 is 0 Å². The largest absolute Gasteiger partial charge is 0.464 e. The van der Waals surface area contributed by atoms with E-state index < -0.39 is 0 Å². The van der Waals surface area contributed by atoms with Crippen molar-refractivity contribution >= 4 is 0 Å². The van der Waals surface area contributed by atoms with Crippen LogP contribution >= 0.6 is 0 Å². The van der Waals surface area contributed by atoms with Crippen LogP contribution in [0.5, 0.6) is 0 Å². The van der Waals surface area contributed by atoms with E-state index in [-0.39, 0.29) is 0 Å². The van der Waals surface area contributed by atoms with Gasteiger partial charge in [0.25, 0.3) is 0 Å². The third-order valence-electron chi connectivity index (χ3n) is 3.15. The Bertz CT molecular complexity index is 480. The summed E-state index contributed by atoms with van der Waals surface area (Å²) in [7, 11) is 0. The van der Waals surface area contributed by atoms with Crippen molar-refractivity contribution in [1.82, 2.24) is 0 Å². The van der Waals surface area contributed by atoms with Gasteiger partial charge in [-0.2, -0.15) is 0 Å². The van der Waals surface area contributed by atoms with Crippen molar-refractivity contribution in [3.63, 3.8) is 0 Å². The van der Waals surface area contributed by atoms with E-state index >= 15 is 0 Å². The number of fused-ring (bicyclic) bond motifs is 1. The minimum atomic E-state index is 1.01. The summed E-state index contributed by atoms with van der Waals surface area (Å²) in [5.74, 6) is 1.01. The van der Waals surface area contributed by atoms with Crippen molar-refractivity contribution in [3.05, 3.63) is 47.2 Å². The molecule has 76 valence electrons. The molecule has 1 aliphatic rings. The molecule has 0 fully saturated rings. The number of aryl methyl sites for hydroxylation is 2. The first-order valence-electron chi connectivity index (χ1n) is 5.51. The molecule has 0 radical (unpaired) electrons. The highest BCUT2D eigenvalue weighted by atomic mass is 16.3. The minimum absolute atomic E-state index is 1.01. The molecule has 0 bridgehead atoms. The number of hydrogen-bond donors (Lipinski definition) is 0. The molecule has 2 aromatic rings. The van der Waals surface area contributed by atoms with Crippen LogP contribution in [0.3, 0.4) is 0 Å². The second-order valence-electron chi connectivity index (χ2n) is 4.28. The molecule has 0 atom stereocenters. The molecular weight excluding hydrogens is 184 g/mol. The van der Waals surface area contributed by atoms with Crippen LogP contribution in [-0.2, 0) is 12.8 Å². The van der Waals surface area contributed by atoms with E-state index in [1.165, 1.54) is 41.5 Å². The minimum Gasteiger partial charge on any atom is -0.464 e. The molecular formula is C14H14O. The highest BCUT2D eigenvalue weighted by Gasteiger charge is 2.17. The van der Waals surface area contributed by atoms with Crippen molar-refractivity contribution in [2.45, 2.75) is 26.2 Å². The third-order valence-corrected chi connectivity index (χ3v) is 3.15. The molecule has 0 amide bonds. The third kappa shape index (κ3) is 1.39. The van der Waals surface area contributed by atoms with Gasteiger partial charge in [-0.05, 0) is 55.5 Å². The molecule has 1 heterocycles. The molecule has 1 heteroatoms. The Morgan fingerprint density at radius 1 is 1.20 bits per heavy atom. The summed E-state index contributed by atoms with van der Waals surface area (Å²) in [6, 6.07) is 8.56. The predicted octanol–water partition coefficient (Wildman–Crippen LogP) is 3.74. The van der Waals surface area contributed by atoms with Gasteiger partial charge in [0.1, 0.15) is 5.76 Å². The highest BCUT2D eigenvalue weighted by molar-refractivity contribution is 5.66. The maximum atomic E-state index is 5.50. The number of furan rings is 1. The fraction of sp³-hybridized carbons (Fsp3) is 0.286. The van der Waals surface area contributed by atoms with Crippen LogP contribution in [0.2, 0.25) is 0 Å². The van der Waals surface area contributed by atoms with Gasteiger partial charge in [0.05, 0.1) is 6.26 Å². The molecule has 0 saturated carbocycles. The Morgan fingerprint density at radius 3 is 2.93 bits per heavy atom. The maximum Gasteiger partial charge on any atom is 0.134 e. The van der Waals surface area contributed by atoms with Crippen LogP contribution in [0.25, 0.3) is 11.3 Å². The highest BCUT2D eigenvalue weighted by Crippen LogP contribution is 2.33. The first-order chi connectivity index (χ1) is 7.34. The van der Waals surface area contributed by atoms with Crippen LogP contribution in [-0.4, -0.2) is 0 Å². The summed E-state index contributed by atoms with van der Waals surface area (Å²) in [6.07, 6.45) is 5.46. The average molecular weight is 198 g/mol. The predicted molar refractivity (Wildman–Crippen MR) is 60.9 cm³/mol. The van der Waals surface area contributed by atoms with Gasteiger partial charge in [0, 0.05) is 5.56 Å². The standard InChI is InChI=1S/C14H14O/c1-10-8-11-4-2-5-12(11)13(9-10)14-6-3-7-15-14/h3,6-9H,2,4-5H2,1H3. The van der Waals surface area contributed by atoms with Crippen molar-refractivity contribution in [3.8, 4) is 11.3 Å². The molecule has 0 unspecified atom stereocenters. The zero-order valence-electron chi connectivity index (χ0n) is 8.92. The first-order valence-corrected chi connectivity index (χ1v) is 5.51. The number of rotatable bonds is 1. The van der Waals surface area contributed by atoms with Gasteiger partial charge >= 0.3 is 0 Å². The van der Waals surface area contributed by atoms with Gasteiger partial charge in [0.15, 0.2) is 0 Å². The Balaban J connectivity index is 2.23. The first kappa shape index (κ1) is 8.78. The smallest absolute Gasteiger partial charge is 0.134 e. The van der Waals surface area contributed by atoms with E-state index in [1.807, 2.05) is 12.1 Å². The molecule has 1 aromatic heterocycles. The van der Waals surface area contributed by atoms with Crippen molar-refractivity contribution in [2.75, 3.05) is 0 Å². The lowest BCUT2D eigenvalue weighted by Crippen LogP contribution is -1.89. The topological polar surface area (TPSA) is 13.1 Å². The van der Waals surface area contributed by atoms with Crippen molar-refractivity contribution < 1.29 is 4.42 Å². The van der Waals surface area contributed by atoms with Gasteiger partial charge in [-0.25, -0.2) is 0 Å². The normalized spacial score (nSPS) is 14.2. The van der Waals surface area contributed by atoms with Crippen LogP contribution in [0, 0.1) is 6.92 Å². The molecule has 3 rings (SSSR count). The van der Waals surface area contributed by atoms with Gasteiger partial charge in [-0.3, -0.25) is 0 Å². The summed E-state index contributed by atoms with van der Waals surface area (Å²) < 4.78 is 5.50. The fourth-order valence-corrected chi connectivity index (χ4v) is 2.52. The van der Waals surface area contributed by atoms with Gasteiger partial charge in [0.2, 0.25) is 0 Å². The van der Waals surface area contributed by atoms with Gasteiger partial charge in [-0.15, -0.1) is 0 Å². The Kier molecular flexibility index (Phi) is 1.91. The lowest BCUT2D eigenvalue weighted by molar-refractivity contribution is 0.581. The van der Waals surface area contributed by atoms with Crippen LogP contribution in [0.1, 0.15) is 23.1 Å². The maximum absolute atomic E-state index is 5.50. The van der Waals surface area contributed by atoms with Crippen LogP contribution in [0.4, 0.5) is 0 Å². The number of hydrogen-bond acceptors (Lipinski definition) is 1. The van der Waals surface area contributed by atoms with Gasteiger partial charge in [-0.1, -0.05) is 11.6 Å². The van der Waals surface area contributed by atoms with E-state index in [4.69, 9.17) is 4.42 Å². The number of benzene rings is 1. The summed E-state index contributed by atoms with van der Waals surface area (Å²) in [6.45, 7) is 2.16. The summed E-state index contributed by atoms with van der Waals surface area (Å²) in [5, 5.41) is 0. The lowest BCUT2D eigenvalue weighted by atomic mass is 9.98. The molecule has 0 N–H and O–H groups in total. The molecule has 1 aromatic carbocycles. The lowest BCUT2D eigenvalue weighted by Gasteiger charge is -2.07. The van der Waals surface area contributed by atoms with Crippen LogP contribution in [0.15, 0.2) is 34.9 Å². The molecule has 1 nitrogen and oxygen atoms in total. The van der Waals surface area contributed by atoms with E-state index in [0.29, 0.717) is 0 Å². The van der Waals surface area contributed by atoms with E-state index in [9.17, 15) is 0 Å². The second kappa shape index (κ2) is 3.27. The second-order valence-corrected chi connectivity index (χ2v) is 4.28. The van der Waals surface area contributed by atoms with Crippen molar-refractivity contribution in [1.29, 1.82) is 0 Å². The Morgan fingerprint density at radius 2 is 2.13 bits per heavy atom. The van der Waals surface area contributed by atoms with Crippen molar-refractivity contribution in [2.24, 2.45) is 0 Å². The van der Waals surface area contributed by atoms with Gasteiger partial charge < -0.3 is 4.42 Å². The zero-order valence-corrected chi connectivity index (χ0v) is 8.92. The fourth-order valence-electron chi connectivity index (χ4n) is 2.52. The van der Waals surface area contributed by atoms with E-state index in [0.717, 1.165) is 5.76 Å². The molecule has 0 spiro atoms. The summed E-state index contributed by atoms with van der Waals surface area (Å²) in [5.41, 5.74) is 5.64. The average Bonchev–Trinajstić information content (AvgIpc) is 2.86. The summed E-state index contributed by atoms with van der Waals surface area (Å²) >= 11 is 0.